The highest BCUT2D eigenvalue weighted by molar-refractivity contribution is 5.39. The molecular weight excluding hydrogens is 212 g/mol. The molecule has 0 bridgehead atoms. The quantitative estimate of drug-likeness (QED) is 0.782. The number of piperidine rings is 1. The molecule has 1 fully saturated rings. The highest BCUT2D eigenvalue weighted by atomic mass is 16.3. The van der Waals surface area contributed by atoms with E-state index in [9.17, 15) is 5.11 Å². The maximum atomic E-state index is 10.0. The van der Waals surface area contributed by atoms with Gasteiger partial charge in [0.05, 0.1) is 5.60 Å². The zero-order valence-corrected chi connectivity index (χ0v) is 10.5. The van der Waals surface area contributed by atoms with Gasteiger partial charge in [0, 0.05) is 18.8 Å². The molecule has 1 heterocycles. The van der Waals surface area contributed by atoms with E-state index in [4.69, 9.17) is 5.73 Å². The first-order valence-corrected chi connectivity index (χ1v) is 6.34. The van der Waals surface area contributed by atoms with Crippen LogP contribution in [0.25, 0.3) is 0 Å². The Labute approximate surface area is 103 Å². The van der Waals surface area contributed by atoms with Crippen molar-refractivity contribution in [3.8, 4) is 0 Å². The van der Waals surface area contributed by atoms with Crippen molar-refractivity contribution < 1.29 is 5.11 Å². The van der Waals surface area contributed by atoms with Crippen LogP contribution in [0, 0.1) is 0 Å². The second-order valence-corrected chi connectivity index (χ2v) is 5.37. The number of likely N-dealkylation sites (tertiary alicyclic amines) is 1. The first-order valence-electron chi connectivity index (χ1n) is 6.34. The molecule has 1 aromatic rings. The Hall–Kier alpha value is -1.06. The van der Waals surface area contributed by atoms with Gasteiger partial charge in [0.1, 0.15) is 0 Å². The first-order chi connectivity index (χ1) is 8.05. The number of hydrogen-bond acceptors (Lipinski definition) is 3. The molecule has 3 N–H and O–H groups in total. The molecular formula is C14H22N2O. The Morgan fingerprint density at radius 3 is 2.71 bits per heavy atom. The molecule has 1 unspecified atom stereocenters. The molecule has 94 valence electrons. The van der Waals surface area contributed by atoms with Crippen LogP contribution >= 0.6 is 0 Å². The third kappa shape index (κ3) is 3.72. The van der Waals surface area contributed by atoms with Crippen LogP contribution < -0.4 is 5.73 Å². The van der Waals surface area contributed by atoms with Crippen molar-refractivity contribution in [2.75, 3.05) is 25.4 Å². The van der Waals surface area contributed by atoms with E-state index in [2.05, 4.69) is 17.0 Å². The maximum absolute atomic E-state index is 10.0. The number of anilines is 1. The Bertz CT molecular complexity index is 359. The van der Waals surface area contributed by atoms with Crippen molar-refractivity contribution in [1.29, 1.82) is 0 Å². The van der Waals surface area contributed by atoms with Crippen molar-refractivity contribution in [2.24, 2.45) is 0 Å². The summed E-state index contributed by atoms with van der Waals surface area (Å²) in [5, 5.41) is 10.0. The zero-order valence-electron chi connectivity index (χ0n) is 10.5. The topological polar surface area (TPSA) is 49.5 Å². The Balaban J connectivity index is 1.84. The van der Waals surface area contributed by atoms with Crippen LogP contribution in [0.1, 0.15) is 25.3 Å². The van der Waals surface area contributed by atoms with E-state index in [1.165, 1.54) is 5.56 Å². The summed E-state index contributed by atoms with van der Waals surface area (Å²) in [6, 6.07) is 8.05. The van der Waals surface area contributed by atoms with Gasteiger partial charge in [-0.1, -0.05) is 12.1 Å². The van der Waals surface area contributed by atoms with Crippen molar-refractivity contribution in [3.63, 3.8) is 0 Å². The van der Waals surface area contributed by atoms with Crippen molar-refractivity contribution in [1.82, 2.24) is 4.90 Å². The van der Waals surface area contributed by atoms with Crippen molar-refractivity contribution >= 4 is 5.69 Å². The fourth-order valence-electron chi connectivity index (χ4n) is 2.49. The molecule has 0 spiro atoms. The van der Waals surface area contributed by atoms with Gasteiger partial charge in [0.2, 0.25) is 0 Å². The number of β-amino-alcohol motifs (C(OH)–C–C–N with tert-alkyl or cyclic N) is 1. The normalized spacial score (nSPS) is 26.0. The molecule has 3 heteroatoms. The minimum atomic E-state index is -0.501. The van der Waals surface area contributed by atoms with E-state index in [-0.39, 0.29) is 0 Å². The average molecular weight is 234 g/mol. The van der Waals surface area contributed by atoms with Crippen LogP contribution in [0.5, 0.6) is 0 Å². The lowest BCUT2D eigenvalue weighted by atomic mass is 9.95. The minimum absolute atomic E-state index is 0.501. The molecule has 2 rings (SSSR count). The molecule has 0 aromatic heterocycles. The molecule has 17 heavy (non-hydrogen) atoms. The van der Waals surface area contributed by atoms with Crippen molar-refractivity contribution in [2.45, 2.75) is 31.8 Å². The SMILES string of the molecule is CC1(O)CCCN(CCc2ccc(N)cc2)C1. The molecule has 1 aliphatic heterocycles. The van der Waals surface area contributed by atoms with Crippen LogP contribution in [0.15, 0.2) is 24.3 Å². The second-order valence-electron chi connectivity index (χ2n) is 5.37. The fraction of sp³-hybridized carbons (Fsp3) is 0.571. The average Bonchev–Trinajstić information content (AvgIpc) is 2.27. The van der Waals surface area contributed by atoms with Crippen LogP contribution in [0.2, 0.25) is 0 Å². The predicted molar refractivity (Wildman–Crippen MR) is 70.9 cm³/mol. The molecule has 1 aromatic carbocycles. The maximum Gasteiger partial charge on any atom is 0.0746 e. The number of nitrogen functional groups attached to an aromatic ring is 1. The molecule has 0 amide bonds. The summed E-state index contributed by atoms with van der Waals surface area (Å²) in [5.41, 5.74) is 7.28. The standard InChI is InChI=1S/C14H22N2O/c1-14(17)8-2-9-16(11-14)10-7-12-3-5-13(15)6-4-12/h3-6,17H,2,7-11,15H2,1H3. The number of rotatable bonds is 3. The van der Waals surface area contributed by atoms with E-state index in [1.54, 1.807) is 0 Å². The van der Waals surface area contributed by atoms with E-state index in [0.717, 1.165) is 44.6 Å². The van der Waals surface area contributed by atoms with Gasteiger partial charge in [-0.15, -0.1) is 0 Å². The third-order valence-electron chi connectivity index (χ3n) is 3.45. The lowest BCUT2D eigenvalue weighted by molar-refractivity contribution is -0.0150. The number of nitrogens with zero attached hydrogens (tertiary/aromatic N) is 1. The lowest BCUT2D eigenvalue weighted by Gasteiger charge is -2.36. The minimum Gasteiger partial charge on any atom is -0.399 e. The summed E-state index contributed by atoms with van der Waals surface area (Å²) in [6.45, 7) is 4.84. The van der Waals surface area contributed by atoms with Crippen LogP contribution in [-0.4, -0.2) is 35.2 Å². The van der Waals surface area contributed by atoms with Gasteiger partial charge in [-0.3, -0.25) is 0 Å². The summed E-state index contributed by atoms with van der Waals surface area (Å²) < 4.78 is 0. The van der Waals surface area contributed by atoms with Gasteiger partial charge < -0.3 is 15.7 Å². The Morgan fingerprint density at radius 1 is 1.35 bits per heavy atom. The highest BCUT2D eigenvalue weighted by Gasteiger charge is 2.27. The molecule has 0 aliphatic carbocycles. The largest absolute Gasteiger partial charge is 0.399 e. The third-order valence-corrected chi connectivity index (χ3v) is 3.45. The van der Waals surface area contributed by atoms with Gasteiger partial charge in [0.15, 0.2) is 0 Å². The van der Waals surface area contributed by atoms with Gasteiger partial charge in [-0.05, 0) is 50.4 Å². The van der Waals surface area contributed by atoms with E-state index in [0.29, 0.717) is 0 Å². The number of nitrogens with two attached hydrogens (primary N) is 1. The van der Waals surface area contributed by atoms with Crippen molar-refractivity contribution in [3.05, 3.63) is 29.8 Å². The molecule has 1 saturated heterocycles. The first kappa shape index (κ1) is 12.4. The smallest absolute Gasteiger partial charge is 0.0746 e. The van der Waals surface area contributed by atoms with Gasteiger partial charge in [0.25, 0.3) is 0 Å². The summed E-state index contributed by atoms with van der Waals surface area (Å²) in [5.74, 6) is 0. The summed E-state index contributed by atoms with van der Waals surface area (Å²) in [6.07, 6.45) is 3.04. The van der Waals surface area contributed by atoms with E-state index >= 15 is 0 Å². The zero-order chi connectivity index (χ0) is 12.3. The fourth-order valence-corrected chi connectivity index (χ4v) is 2.49. The molecule has 0 radical (unpaired) electrons. The van der Waals surface area contributed by atoms with E-state index in [1.807, 2.05) is 19.1 Å². The van der Waals surface area contributed by atoms with Gasteiger partial charge in [-0.25, -0.2) is 0 Å². The predicted octanol–water partition coefficient (Wildman–Crippen LogP) is 1.66. The molecule has 1 aliphatic rings. The van der Waals surface area contributed by atoms with Gasteiger partial charge >= 0.3 is 0 Å². The summed E-state index contributed by atoms with van der Waals surface area (Å²) in [7, 11) is 0. The molecule has 0 saturated carbocycles. The number of benzene rings is 1. The summed E-state index contributed by atoms with van der Waals surface area (Å²) in [4.78, 5) is 2.35. The molecule has 3 nitrogen and oxygen atoms in total. The van der Waals surface area contributed by atoms with Crippen LogP contribution in [-0.2, 0) is 6.42 Å². The van der Waals surface area contributed by atoms with Gasteiger partial charge in [-0.2, -0.15) is 0 Å². The Morgan fingerprint density at radius 2 is 2.06 bits per heavy atom. The second kappa shape index (κ2) is 5.07. The summed E-state index contributed by atoms with van der Waals surface area (Å²) >= 11 is 0. The number of aliphatic hydroxyl groups is 1. The van der Waals surface area contributed by atoms with E-state index < -0.39 is 5.60 Å². The van der Waals surface area contributed by atoms with Crippen LogP contribution in [0.3, 0.4) is 0 Å². The highest BCUT2D eigenvalue weighted by Crippen LogP contribution is 2.20. The monoisotopic (exact) mass is 234 g/mol. The Kier molecular flexibility index (Phi) is 3.69. The lowest BCUT2D eigenvalue weighted by Crippen LogP contribution is -2.46. The molecule has 1 atom stereocenters. The van der Waals surface area contributed by atoms with Crippen LogP contribution in [0.4, 0.5) is 5.69 Å². The number of hydrogen-bond donors (Lipinski definition) is 2.